The lowest BCUT2D eigenvalue weighted by Gasteiger charge is -2.31. The van der Waals surface area contributed by atoms with E-state index in [-0.39, 0.29) is 11.7 Å². The van der Waals surface area contributed by atoms with Gasteiger partial charge >= 0.3 is 0 Å². The number of hydrogen-bond acceptors (Lipinski definition) is 4. The molecular weight excluding hydrogens is 148 g/mol. The van der Waals surface area contributed by atoms with Gasteiger partial charge in [0.2, 0.25) is 0 Å². The quantitative estimate of drug-likeness (QED) is 0.492. The zero-order valence-corrected chi connectivity index (χ0v) is 6.94. The van der Waals surface area contributed by atoms with Gasteiger partial charge in [-0.25, -0.2) is 0 Å². The maximum atomic E-state index is 10.3. The average Bonchev–Trinajstić information content (AvgIpc) is 1.85. The predicted octanol–water partition coefficient (Wildman–Crippen LogP) is 0.875. The Labute approximate surface area is 65.5 Å². The van der Waals surface area contributed by atoms with E-state index in [0.29, 0.717) is 0 Å². The number of aliphatic hydroxyl groups excluding tert-OH is 1. The highest BCUT2D eigenvalue weighted by Crippen LogP contribution is 2.19. The van der Waals surface area contributed by atoms with Gasteiger partial charge in [0.15, 0.2) is 0 Å². The Bertz CT molecular complexity index is 132. The van der Waals surface area contributed by atoms with Gasteiger partial charge in [0, 0.05) is 5.29 Å². The van der Waals surface area contributed by atoms with Crippen molar-refractivity contribution in [3.8, 4) is 0 Å². The molecule has 1 atom stereocenters. The molecule has 0 rings (SSSR count). The second kappa shape index (κ2) is 3.64. The summed E-state index contributed by atoms with van der Waals surface area (Å²) in [6, 6.07) is 0. The molecule has 0 aromatic rings. The number of nitroso groups, excluding NO2 is 1. The maximum absolute atomic E-state index is 10.3. The molecule has 1 unspecified atom stereocenters. The molecule has 0 bridgehead atoms. The van der Waals surface area contributed by atoms with Crippen LogP contribution >= 0.6 is 0 Å². The van der Waals surface area contributed by atoms with E-state index in [1.54, 1.807) is 20.8 Å². The summed E-state index contributed by atoms with van der Waals surface area (Å²) in [6.07, 6.45) is -0.835. The van der Waals surface area contributed by atoms with Crippen LogP contribution in [0, 0.1) is 15.5 Å². The topological polar surface area (TPSA) is 76.0 Å². The molecule has 11 heavy (non-hydrogen) atoms. The lowest BCUT2D eigenvalue weighted by atomic mass is 9.89. The van der Waals surface area contributed by atoms with E-state index in [9.17, 15) is 15.2 Å². The van der Waals surface area contributed by atoms with Crippen molar-refractivity contribution in [1.29, 1.82) is 0 Å². The van der Waals surface area contributed by atoms with E-state index in [2.05, 4.69) is 5.29 Å². The molecule has 0 fully saturated rings. The summed E-state index contributed by atoms with van der Waals surface area (Å²) in [7, 11) is 0. The third-order valence-electron chi connectivity index (χ3n) is 1.42. The van der Waals surface area contributed by atoms with Crippen LogP contribution in [0.1, 0.15) is 20.8 Å². The van der Waals surface area contributed by atoms with Crippen LogP contribution in [0.15, 0.2) is 5.29 Å². The van der Waals surface area contributed by atoms with Gasteiger partial charge in [0.25, 0.3) is 0 Å². The van der Waals surface area contributed by atoms with Crippen LogP contribution < -0.4 is 0 Å². The fourth-order valence-corrected chi connectivity index (χ4v) is 0.455. The van der Waals surface area contributed by atoms with E-state index in [1.165, 1.54) is 0 Å². The van der Waals surface area contributed by atoms with Crippen molar-refractivity contribution in [2.24, 2.45) is 10.7 Å². The lowest BCUT2D eigenvalue weighted by Crippen LogP contribution is -2.34. The van der Waals surface area contributed by atoms with Crippen molar-refractivity contribution < 1.29 is 5.11 Å². The normalized spacial score (nSPS) is 14.3. The Kier molecular flexibility index (Phi) is 3.41. The first-order valence-electron chi connectivity index (χ1n) is 3.34. The summed E-state index contributed by atoms with van der Waals surface area (Å²) >= 11 is 0. The van der Waals surface area contributed by atoms with Crippen LogP contribution in [0.5, 0.6) is 0 Å². The first-order valence-corrected chi connectivity index (χ1v) is 3.34. The molecule has 0 saturated heterocycles. The van der Waals surface area contributed by atoms with Crippen molar-refractivity contribution in [3.05, 3.63) is 10.1 Å². The van der Waals surface area contributed by atoms with Gasteiger partial charge in [-0.1, -0.05) is 20.8 Å². The Morgan fingerprint density at radius 3 is 2.36 bits per heavy atom. The van der Waals surface area contributed by atoms with E-state index in [1.807, 2.05) is 0 Å². The van der Waals surface area contributed by atoms with Gasteiger partial charge in [0.05, 0.1) is 12.6 Å². The minimum Gasteiger partial charge on any atom is -0.739 e. The molecule has 0 radical (unpaired) electrons. The van der Waals surface area contributed by atoms with Crippen LogP contribution in [0.25, 0.3) is 0 Å². The summed E-state index contributed by atoms with van der Waals surface area (Å²) in [5, 5.41) is 21.6. The van der Waals surface area contributed by atoms with E-state index >= 15 is 0 Å². The summed E-state index contributed by atoms with van der Waals surface area (Å²) in [5.74, 6) is 0. The molecule has 1 N–H and O–H groups in total. The van der Waals surface area contributed by atoms with Crippen LogP contribution in [-0.4, -0.2) is 22.9 Å². The zero-order chi connectivity index (χ0) is 9.07. The minimum absolute atomic E-state index is 0.0596. The summed E-state index contributed by atoms with van der Waals surface area (Å²) in [6.45, 7) is 5.05. The Morgan fingerprint density at radius 2 is 2.09 bits per heavy atom. The molecular formula is C6H13N2O3-. The SMILES string of the molecule is CC(C)(C)C(O)CN([O-])N=O. The van der Waals surface area contributed by atoms with Gasteiger partial charge in [-0.3, -0.25) is 0 Å². The van der Waals surface area contributed by atoms with Crippen molar-refractivity contribution in [2.75, 3.05) is 6.54 Å². The third-order valence-corrected chi connectivity index (χ3v) is 1.42. The fourth-order valence-electron chi connectivity index (χ4n) is 0.455. The Balaban J connectivity index is 3.87. The van der Waals surface area contributed by atoms with Crippen LogP contribution in [0.3, 0.4) is 0 Å². The molecule has 66 valence electrons. The Hall–Kier alpha value is -0.680. The number of hydroxylamine groups is 1. The second-order valence-electron chi connectivity index (χ2n) is 3.50. The average molecular weight is 161 g/mol. The molecule has 0 aliphatic rings. The number of aliphatic hydroxyl groups is 1. The molecule has 0 aromatic carbocycles. The van der Waals surface area contributed by atoms with Gasteiger partial charge in [-0.05, 0) is 5.41 Å². The third kappa shape index (κ3) is 3.90. The van der Waals surface area contributed by atoms with E-state index < -0.39 is 11.5 Å². The number of rotatable bonds is 3. The highest BCUT2D eigenvalue weighted by Gasteiger charge is 2.22. The van der Waals surface area contributed by atoms with Gasteiger partial charge in [-0.15, -0.1) is 4.91 Å². The molecule has 0 amide bonds. The van der Waals surface area contributed by atoms with Gasteiger partial charge < -0.3 is 15.5 Å². The number of hydrogen-bond donors (Lipinski definition) is 1. The monoisotopic (exact) mass is 161 g/mol. The second-order valence-corrected chi connectivity index (χ2v) is 3.50. The lowest BCUT2D eigenvalue weighted by molar-refractivity contribution is 0.0401. The molecule has 5 heteroatoms. The molecule has 0 aliphatic heterocycles. The summed E-state index contributed by atoms with van der Waals surface area (Å²) < 4.78 is 0. The smallest absolute Gasteiger partial charge is 0.0771 e. The number of nitrogens with zero attached hydrogens (tertiary/aromatic N) is 2. The zero-order valence-electron chi connectivity index (χ0n) is 6.94. The molecule has 0 heterocycles. The van der Waals surface area contributed by atoms with Crippen LogP contribution in [-0.2, 0) is 0 Å². The molecule has 0 saturated carbocycles. The molecule has 0 spiro atoms. The highest BCUT2D eigenvalue weighted by molar-refractivity contribution is 4.75. The van der Waals surface area contributed by atoms with Crippen molar-refractivity contribution >= 4 is 0 Å². The molecule has 5 nitrogen and oxygen atoms in total. The Morgan fingerprint density at radius 1 is 1.64 bits per heavy atom. The standard InChI is InChI=1S/C6H13N2O3/c1-6(2,3)5(9)4-8(11)7-10/h5,9H,4H2,1-3H3/q-1. The first kappa shape index (κ1) is 10.3. The van der Waals surface area contributed by atoms with Crippen molar-refractivity contribution in [1.82, 2.24) is 5.17 Å². The van der Waals surface area contributed by atoms with Crippen molar-refractivity contribution in [3.63, 3.8) is 0 Å². The first-order chi connectivity index (χ1) is 4.88. The van der Waals surface area contributed by atoms with E-state index in [4.69, 9.17) is 0 Å². The highest BCUT2D eigenvalue weighted by atomic mass is 16.6. The molecule has 0 aromatic heterocycles. The summed E-state index contributed by atoms with van der Waals surface area (Å²) in [4.78, 5) is 9.62. The predicted molar refractivity (Wildman–Crippen MR) is 41.3 cm³/mol. The summed E-state index contributed by atoms with van der Waals surface area (Å²) in [5.41, 5.74) is -0.395. The maximum Gasteiger partial charge on any atom is 0.0771 e. The largest absolute Gasteiger partial charge is 0.739 e. The minimum atomic E-state index is -0.835. The fraction of sp³-hybridized carbons (Fsp3) is 1.00. The van der Waals surface area contributed by atoms with E-state index in [0.717, 1.165) is 0 Å². The van der Waals surface area contributed by atoms with Crippen LogP contribution in [0.2, 0.25) is 0 Å². The van der Waals surface area contributed by atoms with Crippen LogP contribution in [0.4, 0.5) is 0 Å². The van der Waals surface area contributed by atoms with Gasteiger partial charge in [-0.2, -0.15) is 0 Å². The molecule has 0 aliphatic carbocycles. The van der Waals surface area contributed by atoms with Crippen molar-refractivity contribution in [2.45, 2.75) is 26.9 Å². The van der Waals surface area contributed by atoms with Gasteiger partial charge in [0.1, 0.15) is 0 Å².